The highest BCUT2D eigenvalue weighted by atomic mass is 19.1. The highest BCUT2D eigenvalue weighted by molar-refractivity contribution is 6.02. The maximum absolute atomic E-state index is 14.4. The van der Waals surface area contributed by atoms with Crippen molar-refractivity contribution in [1.82, 2.24) is 14.8 Å². The topological polar surface area (TPSA) is 39.2 Å². The normalized spacial score (nSPS) is 22.7. The Morgan fingerprint density at radius 1 is 1.28 bits per heavy atom. The van der Waals surface area contributed by atoms with Gasteiger partial charge in [0.15, 0.2) is 0 Å². The third-order valence-corrected chi connectivity index (χ3v) is 5.71. The van der Waals surface area contributed by atoms with E-state index in [1.807, 2.05) is 26.0 Å². The zero-order chi connectivity index (χ0) is 21.0. The highest BCUT2D eigenvalue weighted by Gasteiger charge is 2.34. The lowest BCUT2D eigenvalue weighted by atomic mass is 9.94. The van der Waals surface area contributed by atoms with Crippen LogP contribution in [0.4, 0.5) is 8.78 Å². The van der Waals surface area contributed by atoms with Crippen LogP contribution >= 0.6 is 0 Å². The van der Waals surface area contributed by atoms with Gasteiger partial charge in [0, 0.05) is 44.1 Å². The van der Waals surface area contributed by atoms with Crippen LogP contribution in [0.1, 0.15) is 32.3 Å². The van der Waals surface area contributed by atoms with Gasteiger partial charge in [-0.05, 0) is 38.6 Å². The van der Waals surface area contributed by atoms with Crippen molar-refractivity contribution in [1.29, 1.82) is 0 Å². The first-order valence-electron chi connectivity index (χ1n) is 10.3. The van der Waals surface area contributed by atoms with Crippen LogP contribution in [0.15, 0.2) is 35.5 Å². The van der Waals surface area contributed by atoms with E-state index >= 15 is 0 Å². The summed E-state index contributed by atoms with van der Waals surface area (Å²) in [6, 6.07) is 3.11. The lowest BCUT2D eigenvalue weighted by Crippen LogP contribution is -2.55. The number of carbonyl (C=O) groups is 1. The van der Waals surface area contributed by atoms with Gasteiger partial charge in [0.1, 0.15) is 11.6 Å². The number of benzene rings is 1. The van der Waals surface area contributed by atoms with Crippen LogP contribution in [-0.2, 0) is 4.79 Å². The van der Waals surface area contributed by atoms with Crippen LogP contribution in [-0.4, -0.2) is 72.2 Å². The average Bonchev–Trinajstić information content (AvgIpc) is 2.71. The van der Waals surface area contributed by atoms with Crippen LogP contribution in [0.5, 0.6) is 0 Å². The second-order valence-electron chi connectivity index (χ2n) is 7.84. The molecule has 0 bridgehead atoms. The lowest BCUT2D eigenvalue weighted by Gasteiger charge is -2.39. The molecule has 2 atom stereocenters. The van der Waals surface area contributed by atoms with Crippen molar-refractivity contribution in [3.8, 4) is 0 Å². The molecule has 0 aromatic heterocycles. The quantitative estimate of drug-likeness (QED) is 0.708. The summed E-state index contributed by atoms with van der Waals surface area (Å²) < 4.78 is 28.1. The Bertz CT molecular complexity index is 787. The predicted molar refractivity (Wildman–Crippen MR) is 111 cm³/mol. The maximum atomic E-state index is 14.4. The molecule has 29 heavy (non-hydrogen) atoms. The van der Waals surface area contributed by atoms with Crippen molar-refractivity contribution in [3.05, 3.63) is 47.5 Å². The molecule has 0 spiro atoms. The van der Waals surface area contributed by atoms with Gasteiger partial charge < -0.3 is 4.90 Å². The fraction of sp³-hybridized carbons (Fsp3) is 0.545. The number of amides is 1. The van der Waals surface area contributed by atoms with Crippen LogP contribution in [0.2, 0.25) is 0 Å². The van der Waals surface area contributed by atoms with Crippen molar-refractivity contribution >= 4 is 11.6 Å². The van der Waals surface area contributed by atoms with E-state index in [4.69, 9.17) is 0 Å². The monoisotopic (exact) mass is 404 g/mol. The van der Waals surface area contributed by atoms with Gasteiger partial charge in [-0.25, -0.2) is 13.8 Å². The Balaban J connectivity index is 1.88. The second kappa shape index (κ2) is 9.59. The third kappa shape index (κ3) is 5.08. The SMILES string of the molecule is C/C=C/[C@@H]1CC(c2cc(F)ccc2F)=NN(C(=O)C(CC)N2CCN(C)CC2)C1. The second-order valence-corrected chi connectivity index (χ2v) is 7.84. The Kier molecular flexibility index (Phi) is 7.14. The Hall–Kier alpha value is -2.12. The number of hydrogen-bond acceptors (Lipinski definition) is 4. The molecule has 3 rings (SSSR count). The van der Waals surface area contributed by atoms with Gasteiger partial charge in [-0.2, -0.15) is 5.10 Å². The molecule has 0 radical (unpaired) electrons. The molecule has 0 N–H and O–H groups in total. The molecule has 0 aliphatic carbocycles. The number of hydrogen-bond donors (Lipinski definition) is 0. The van der Waals surface area contributed by atoms with E-state index in [1.54, 1.807) is 0 Å². The standard InChI is InChI=1S/C22H30F2N4O/c1-4-6-16-13-20(18-14-17(23)7-8-19(18)24)25-28(15-16)22(29)21(5-2)27-11-9-26(3)10-12-27/h4,6-8,14,16,21H,5,9-13,15H2,1-3H3/b6-4+/t16-,21?/m1/s1. The number of nitrogens with zero attached hydrogens (tertiary/aromatic N) is 4. The molecule has 1 aromatic rings. The van der Waals surface area contributed by atoms with E-state index < -0.39 is 11.6 Å². The smallest absolute Gasteiger partial charge is 0.260 e. The summed E-state index contributed by atoms with van der Waals surface area (Å²) in [6.45, 7) is 7.89. The molecule has 1 aromatic carbocycles. The van der Waals surface area contributed by atoms with Crippen molar-refractivity contribution in [2.24, 2.45) is 11.0 Å². The van der Waals surface area contributed by atoms with Gasteiger partial charge in [0.25, 0.3) is 5.91 Å². The van der Waals surface area contributed by atoms with E-state index in [0.29, 0.717) is 25.1 Å². The predicted octanol–water partition coefficient (Wildman–Crippen LogP) is 3.12. The molecule has 0 saturated carbocycles. The molecular weight excluding hydrogens is 374 g/mol. The van der Waals surface area contributed by atoms with Crippen LogP contribution < -0.4 is 0 Å². The van der Waals surface area contributed by atoms with Gasteiger partial charge in [-0.15, -0.1) is 0 Å². The largest absolute Gasteiger partial charge is 0.304 e. The van der Waals surface area contributed by atoms with Crippen molar-refractivity contribution in [2.45, 2.75) is 32.7 Å². The van der Waals surface area contributed by atoms with Crippen LogP contribution in [0.3, 0.4) is 0 Å². The molecule has 1 amide bonds. The van der Waals surface area contributed by atoms with E-state index in [-0.39, 0.29) is 23.4 Å². The van der Waals surface area contributed by atoms with Crippen molar-refractivity contribution in [2.75, 3.05) is 39.8 Å². The van der Waals surface area contributed by atoms with E-state index in [9.17, 15) is 13.6 Å². The number of piperazine rings is 1. The Morgan fingerprint density at radius 2 is 2.00 bits per heavy atom. The van der Waals surface area contributed by atoms with Gasteiger partial charge in [0.05, 0.1) is 18.3 Å². The third-order valence-electron chi connectivity index (χ3n) is 5.71. The molecule has 1 unspecified atom stereocenters. The molecule has 2 heterocycles. The van der Waals surface area contributed by atoms with Gasteiger partial charge in [-0.3, -0.25) is 9.69 Å². The number of likely N-dealkylation sites (N-methyl/N-ethyl adjacent to an activating group) is 1. The molecule has 1 saturated heterocycles. The summed E-state index contributed by atoms with van der Waals surface area (Å²) in [5.74, 6) is -1.09. The molecule has 1 fully saturated rings. The zero-order valence-corrected chi connectivity index (χ0v) is 17.4. The first-order valence-corrected chi connectivity index (χ1v) is 10.3. The van der Waals surface area contributed by atoms with E-state index in [1.165, 1.54) is 5.01 Å². The summed E-state index contributed by atoms with van der Waals surface area (Å²) >= 11 is 0. The Morgan fingerprint density at radius 3 is 2.66 bits per heavy atom. The van der Waals surface area contributed by atoms with Crippen LogP contribution in [0, 0.1) is 17.6 Å². The summed E-state index contributed by atoms with van der Waals surface area (Å²) in [5, 5.41) is 5.96. The molecule has 158 valence electrons. The summed E-state index contributed by atoms with van der Waals surface area (Å²) in [5.41, 5.74) is 0.544. The molecule has 5 nitrogen and oxygen atoms in total. The van der Waals surface area contributed by atoms with Gasteiger partial charge in [-0.1, -0.05) is 19.1 Å². The minimum atomic E-state index is -0.523. The van der Waals surface area contributed by atoms with Crippen molar-refractivity contribution < 1.29 is 13.6 Å². The first-order chi connectivity index (χ1) is 13.9. The molecule has 2 aliphatic heterocycles. The number of carbonyl (C=O) groups excluding carboxylic acids is 1. The summed E-state index contributed by atoms with van der Waals surface area (Å²) in [7, 11) is 2.08. The Labute approximate surface area is 171 Å². The zero-order valence-electron chi connectivity index (χ0n) is 17.4. The average molecular weight is 405 g/mol. The molecule has 7 heteroatoms. The van der Waals surface area contributed by atoms with Gasteiger partial charge in [0.2, 0.25) is 0 Å². The van der Waals surface area contributed by atoms with E-state index in [0.717, 1.165) is 44.4 Å². The number of halogens is 2. The molecule has 2 aliphatic rings. The van der Waals surface area contributed by atoms with Crippen molar-refractivity contribution in [3.63, 3.8) is 0 Å². The van der Waals surface area contributed by atoms with E-state index in [2.05, 4.69) is 21.9 Å². The van der Waals surface area contributed by atoms with Crippen LogP contribution in [0.25, 0.3) is 0 Å². The number of hydrazone groups is 1. The number of allylic oxidation sites excluding steroid dienone is 1. The lowest BCUT2D eigenvalue weighted by molar-refractivity contribution is -0.138. The summed E-state index contributed by atoms with van der Waals surface area (Å²) in [6.07, 6.45) is 5.09. The van der Waals surface area contributed by atoms with Gasteiger partial charge >= 0.3 is 0 Å². The fourth-order valence-corrected chi connectivity index (χ4v) is 4.08. The maximum Gasteiger partial charge on any atom is 0.260 e. The molecular formula is C22H30F2N4O. The minimum Gasteiger partial charge on any atom is -0.304 e. The minimum absolute atomic E-state index is 0.0177. The highest BCUT2D eigenvalue weighted by Crippen LogP contribution is 2.24. The first kappa shape index (κ1) is 21.6. The number of rotatable bonds is 5. The fourth-order valence-electron chi connectivity index (χ4n) is 4.08. The summed E-state index contributed by atoms with van der Waals surface area (Å²) in [4.78, 5) is 17.8.